The fraction of sp³-hybridized carbons (Fsp3) is 0.316. The molecule has 1 amide bonds. The van der Waals surface area contributed by atoms with Crippen LogP contribution < -0.4 is 10.1 Å². The number of fused-ring (bicyclic) bond motifs is 1. The van der Waals surface area contributed by atoms with Crippen molar-refractivity contribution >= 4 is 17.5 Å². The number of nitrogens with one attached hydrogen (secondary N) is 1. The molecule has 0 saturated heterocycles. The molecule has 0 radical (unpaired) electrons. The number of ether oxygens (including phenoxy) is 1. The largest absolute Gasteiger partial charge is 0.496 e. The number of hydrogen-bond acceptors (Lipinski definition) is 3. The average molecular weight is 346 g/mol. The van der Waals surface area contributed by atoms with Gasteiger partial charge in [0.05, 0.1) is 18.3 Å². The standard InChI is InChI=1S/C19H20ClNO3/c1-24-17-7-6-15(20)10-16(17)18(22)21-12-19(23)9-8-13-4-2-3-5-14(13)11-19/h2-7,10,23H,8-9,11-12H2,1H3,(H,21,22)/t19-/m0/s1. The molecule has 0 saturated carbocycles. The summed E-state index contributed by atoms with van der Waals surface area (Å²) >= 11 is 5.97. The van der Waals surface area contributed by atoms with Crippen LogP contribution in [-0.2, 0) is 12.8 Å². The summed E-state index contributed by atoms with van der Waals surface area (Å²) in [5, 5.41) is 14.1. The van der Waals surface area contributed by atoms with Gasteiger partial charge in [0.1, 0.15) is 5.75 Å². The first kappa shape index (κ1) is 16.8. The Labute approximate surface area is 146 Å². The van der Waals surface area contributed by atoms with Crippen LogP contribution in [0.5, 0.6) is 5.75 Å². The van der Waals surface area contributed by atoms with Crippen LogP contribution >= 0.6 is 11.6 Å². The first-order valence-electron chi connectivity index (χ1n) is 7.92. The van der Waals surface area contributed by atoms with Crippen LogP contribution in [0.15, 0.2) is 42.5 Å². The van der Waals surface area contributed by atoms with Crippen LogP contribution in [0.3, 0.4) is 0 Å². The quantitative estimate of drug-likeness (QED) is 0.895. The Bertz CT molecular complexity index is 762. The Morgan fingerprint density at radius 1 is 1.29 bits per heavy atom. The summed E-state index contributed by atoms with van der Waals surface area (Å²) in [6, 6.07) is 13.0. The third-order valence-corrected chi connectivity index (χ3v) is 4.72. The Hall–Kier alpha value is -2.04. The fourth-order valence-corrected chi connectivity index (χ4v) is 3.30. The maximum Gasteiger partial charge on any atom is 0.255 e. The molecule has 0 fully saturated rings. The molecule has 2 N–H and O–H groups in total. The third-order valence-electron chi connectivity index (χ3n) is 4.48. The van der Waals surface area contributed by atoms with Gasteiger partial charge in [0, 0.05) is 18.0 Å². The van der Waals surface area contributed by atoms with Gasteiger partial charge < -0.3 is 15.2 Å². The van der Waals surface area contributed by atoms with Crippen LogP contribution in [0.1, 0.15) is 27.9 Å². The van der Waals surface area contributed by atoms with Crippen LogP contribution in [-0.4, -0.2) is 30.3 Å². The van der Waals surface area contributed by atoms with Crippen molar-refractivity contribution in [1.82, 2.24) is 5.32 Å². The van der Waals surface area contributed by atoms with Crippen molar-refractivity contribution in [2.45, 2.75) is 24.9 Å². The summed E-state index contributed by atoms with van der Waals surface area (Å²) in [4.78, 5) is 12.4. The topological polar surface area (TPSA) is 58.6 Å². The lowest BCUT2D eigenvalue weighted by molar-refractivity contribution is 0.0259. The van der Waals surface area contributed by atoms with Crippen molar-refractivity contribution < 1.29 is 14.6 Å². The highest BCUT2D eigenvalue weighted by Gasteiger charge is 2.32. The number of methoxy groups -OCH3 is 1. The molecule has 24 heavy (non-hydrogen) atoms. The maximum atomic E-state index is 12.4. The Morgan fingerprint density at radius 2 is 2.04 bits per heavy atom. The molecule has 0 bridgehead atoms. The molecule has 1 aliphatic rings. The Morgan fingerprint density at radius 3 is 2.79 bits per heavy atom. The van der Waals surface area contributed by atoms with E-state index >= 15 is 0 Å². The SMILES string of the molecule is COc1ccc(Cl)cc1C(=O)NC[C@]1(O)CCc2ccccc2C1. The summed E-state index contributed by atoms with van der Waals surface area (Å²) in [5.74, 6) is 0.152. The number of benzene rings is 2. The molecular weight excluding hydrogens is 326 g/mol. The minimum Gasteiger partial charge on any atom is -0.496 e. The molecule has 2 aromatic carbocycles. The molecule has 126 valence electrons. The third kappa shape index (κ3) is 3.55. The van der Waals surface area contributed by atoms with E-state index in [2.05, 4.69) is 11.4 Å². The van der Waals surface area contributed by atoms with E-state index in [1.165, 1.54) is 12.7 Å². The molecule has 0 aromatic heterocycles. The van der Waals surface area contributed by atoms with Crippen LogP contribution in [0.2, 0.25) is 5.02 Å². The first-order chi connectivity index (χ1) is 11.5. The summed E-state index contributed by atoms with van der Waals surface area (Å²) in [6.45, 7) is 0.190. The smallest absolute Gasteiger partial charge is 0.255 e. The summed E-state index contributed by atoms with van der Waals surface area (Å²) in [6.07, 6.45) is 1.97. The van der Waals surface area contributed by atoms with Gasteiger partial charge in [-0.3, -0.25) is 4.79 Å². The highest BCUT2D eigenvalue weighted by Crippen LogP contribution is 2.28. The Kier molecular flexibility index (Phi) is 4.78. The molecular formula is C19H20ClNO3. The van der Waals surface area contributed by atoms with Crippen LogP contribution in [0.25, 0.3) is 0 Å². The predicted octanol–water partition coefficient (Wildman–Crippen LogP) is 3.00. The van der Waals surface area contributed by atoms with Crippen molar-refractivity contribution in [3.63, 3.8) is 0 Å². The highest BCUT2D eigenvalue weighted by atomic mass is 35.5. The average Bonchev–Trinajstić information content (AvgIpc) is 2.59. The molecule has 0 unspecified atom stereocenters. The molecule has 5 heteroatoms. The number of carbonyl (C=O) groups is 1. The van der Waals surface area contributed by atoms with Crippen LogP contribution in [0.4, 0.5) is 0 Å². The number of hydrogen-bond donors (Lipinski definition) is 2. The van der Waals surface area contributed by atoms with Gasteiger partial charge in [0.25, 0.3) is 5.91 Å². The molecule has 0 heterocycles. The minimum absolute atomic E-state index is 0.190. The summed E-state index contributed by atoms with van der Waals surface area (Å²) in [7, 11) is 1.51. The zero-order chi connectivity index (χ0) is 17.2. The molecule has 0 spiro atoms. The van der Waals surface area contributed by atoms with Crippen molar-refractivity contribution in [2.75, 3.05) is 13.7 Å². The van der Waals surface area contributed by atoms with E-state index in [0.29, 0.717) is 29.2 Å². The van der Waals surface area contributed by atoms with E-state index in [4.69, 9.17) is 16.3 Å². The maximum absolute atomic E-state index is 12.4. The van der Waals surface area contributed by atoms with Crippen molar-refractivity contribution in [3.05, 3.63) is 64.2 Å². The van der Waals surface area contributed by atoms with Gasteiger partial charge in [-0.15, -0.1) is 0 Å². The van der Waals surface area contributed by atoms with E-state index < -0.39 is 5.60 Å². The van der Waals surface area contributed by atoms with E-state index in [0.717, 1.165) is 12.0 Å². The lowest BCUT2D eigenvalue weighted by Gasteiger charge is -2.33. The number of amides is 1. The molecule has 2 aromatic rings. The van der Waals surface area contributed by atoms with Gasteiger partial charge in [-0.25, -0.2) is 0 Å². The van der Waals surface area contributed by atoms with E-state index in [1.54, 1.807) is 18.2 Å². The van der Waals surface area contributed by atoms with Gasteiger partial charge >= 0.3 is 0 Å². The second-order valence-corrected chi connectivity index (χ2v) is 6.63. The molecule has 0 aliphatic heterocycles. The molecule has 3 rings (SSSR count). The second-order valence-electron chi connectivity index (χ2n) is 6.20. The van der Waals surface area contributed by atoms with Crippen molar-refractivity contribution in [3.8, 4) is 5.75 Å². The Balaban J connectivity index is 1.70. The van der Waals surface area contributed by atoms with Gasteiger partial charge in [-0.2, -0.15) is 0 Å². The zero-order valence-corrected chi connectivity index (χ0v) is 14.3. The van der Waals surface area contributed by atoms with Crippen LogP contribution in [0, 0.1) is 0 Å². The van der Waals surface area contributed by atoms with Gasteiger partial charge in [-0.1, -0.05) is 35.9 Å². The van der Waals surface area contributed by atoms with Gasteiger partial charge in [0.2, 0.25) is 0 Å². The zero-order valence-electron chi connectivity index (χ0n) is 13.5. The normalized spacial score (nSPS) is 19.5. The molecule has 4 nitrogen and oxygen atoms in total. The monoisotopic (exact) mass is 345 g/mol. The van der Waals surface area contributed by atoms with Crippen molar-refractivity contribution in [1.29, 1.82) is 0 Å². The highest BCUT2D eigenvalue weighted by molar-refractivity contribution is 6.31. The lowest BCUT2D eigenvalue weighted by atomic mass is 9.80. The van der Waals surface area contributed by atoms with E-state index in [9.17, 15) is 9.90 Å². The van der Waals surface area contributed by atoms with Gasteiger partial charge in [-0.05, 0) is 42.2 Å². The number of halogens is 1. The minimum atomic E-state index is -0.935. The van der Waals surface area contributed by atoms with Crippen molar-refractivity contribution in [2.24, 2.45) is 0 Å². The predicted molar refractivity (Wildman–Crippen MR) is 93.8 cm³/mol. The fourth-order valence-electron chi connectivity index (χ4n) is 3.13. The summed E-state index contributed by atoms with van der Waals surface area (Å²) in [5.41, 5.74) is 1.84. The number of rotatable bonds is 4. The first-order valence-corrected chi connectivity index (χ1v) is 8.29. The number of carbonyl (C=O) groups excluding carboxylic acids is 1. The lowest BCUT2D eigenvalue weighted by Crippen LogP contribution is -2.46. The van der Waals surface area contributed by atoms with E-state index in [-0.39, 0.29) is 12.5 Å². The van der Waals surface area contributed by atoms with E-state index in [1.807, 2.05) is 18.2 Å². The summed E-state index contributed by atoms with van der Waals surface area (Å²) < 4.78 is 5.20. The molecule has 1 atom stereocenters. The molecule has 1 aliphatic carbocycles. The number of aliphatic hydroxyl groups is 1. The second kappa shape index (κ2) is 6.83. The van der Waals surface area contributed by atoms with Gasteiger partial charge in [0.15, 0.2) is 0 Å². The number of aryl methyl sites for hydroxylation is 1.